The molecule has 20 heavy (non-hydrogen) atoms. The first-order valence-corrected chi connectivity index (χ1v) is 6.94. The number of carboxylic acids is 1. The Bertz CT molecular complexity index is 475. The molecule has 1 unspecified atom stereocenters. The normalized spacial score (nSPS) is 15.2. The lowest BCUT2D eigenvalue weighted by Gasteiger charge is -2.27. The van der Waals surface area contributed by atoms with Gasteiger partial charge in [-0.3, -0.25) is 9.69 Å². The van der Waals surface area contributed by atoms with Gasteiger partial charge in [0.15, 0.2) is 11.5 Å². The molecule has 0 saturated carbocycles. The van der Waals surface area contributed by atoms with Crippen molar-refractivity contribution in [2.24, 2.45) is 0 Å². The third-order valence-corrected chi connectivity index (χ3v) is 3.49. The second kappa shape index (κ2) is 6.61. The minimum atomic E-state index is -0.766. The van der Waals surface area contributed by atoms with Crippen LogP contribution in [0.3, 0.4) is 0 Å². The van der Waals surface area contributed by atoms with Crippen molar-refractivity contribution in [1.82, 2.24) is 4.90 Å². The summed E-state index contributed by atoms with van der Waals surface area (Å²) < 4.78 is 11.1. The first-order chi connectivity index (χ1) is 9.60. The molecule has 5 nitrogen and oxygen atoms in total. The third-order valence-electron chi connectivity index (χ3n) is 3.49. The van der Waals surface area contributed by atoms with Crippen LogP contribution in [-0.4, -0.2) is 41.8 Å². The molecule has 1 aliphatic heterocycles. The molecule has 1 heterocycles. The number of fused-ring (bicyclic) bond motifs is 1. The predicted octanol–water partition coefficient (Wildman–Crippen LogP) is 2.14. The fourth-order valence-electron chi connectivity index (χ4n) is 2.38. The Morgan fingerprint density at radius 2 is 2.05 bits per heavy atom. The van der Waals surface area contributed by atoms with Crippen LogP contribution in [0.15, 0.2) is 18.2 Å². The van der Waals surface area contributed by atoms with Crippen LogP contribution in [-0.2, 0) is 11.3 Å². The molecule has 1 aliphatic rings. The van der Waals surface area contributed by atoms with Gasteiger partial charge in [0.25, 0.3) is 0 Å². The number of hydrogen-bond acceptors (Lipinski definition) is 4. The summed E-state index contributed by atoms with van der Waals surface area (Å²) in [6.07, 6.45) is 0.151. The van der Waals surface area contributed by atoms with Crippen molar-refractivity contribution < 1.29 is 19.4 Å². The summed E-state index contributed by atoms with van der Waals surface area (Å²) in [4.78, 5) is 12.9. The molecule has 0 saturated heterocycles. The smallest absolute Gasteiger partial charge is 0.304 e. The standard InChI is InChI=1S/C15H21NO4/c1-3-16(11(2)8-15(17)18)10-12-4-5-13-14(9-12)20-7-6-19-13/h4-5,9,11H,3,6-8,10H2,1-2H3,(H,17,18). The molecule has 0 amide bonds. The molecule has 1 aromatic rings. The van der Waals surface area contributed by atoms with Crippen LogP contribution in [0.2, 0.25) is 0 Å². The van der Waals surface area contributed by atoms with Gasteiger partial charge in [-0.25, -0.2) is 0 Å². The summed E-state index contributed by atoms with van der Waals surface area (Å²) in [5, 5.41) is 8.89. The van der Waals surface area contributed by atoms with Crippen molar-refractivity contribution in [2.75, 3.05) is 19.8 Å². The lowest BCUT2D eigenvalue weighted by molar-refractivity contribution is -0.138. The molecule has 0 bridgehead atoms. The van der Waals surface area contributed by atoms with Gasteiger partial charge in [0.2, 0.25) is 0 Å². The second-order valence-electron chi connectivity index (χ2n) is 4.99. The molecule has 0 fully saturated rings. The molecule has 110 valence electrons. The Hall–Kier alpha value is -1.75. The van der Waals surface area contributed by atoms with Crippen LogP contribution in [0.25, 0.3) is 0 Å². The second-order valence-corrected chi connectivity index (χ2v) is 4.99. The summed E-state index contributed by atoms with van der Waals surface area (Å²) in [5.74, 6) is 0.787. The Morgan fingerprint density at radius 3 is 2.70 bits per heavy atom. The van der Waals surface area contributed by atoms with Crippen LogP contribution >= 0.6 is 0 Å². The lowest BCUT2D eigenvalue weighted by atomic mass is 10.1. The Labute approximate surface area is 119 Å². The van der Waals surface area contributed by atoms with Gasteiger partial charge in [-0.05, 0) is 31.2 Å². The summed E-state index contributed by atoms with van der Waals surface area (Å²) in [6.45, 7) is 6.66. The molecule has 2 rings (SSSR count). The largest absolute Gasteiger partial charge is 0.486 e. The van der Waals surface area contributed by atoms with E-state index in [4.69, 9.17) is 14.6 Å². The van der Waals surface area contributed by atoms with Crippen LogP contribution in [0.5, 0.6) is 11.5 Å². The Balaban J connectivity index is 2.05. The van der Waals surface area contributed by atoms with Gasteiger partial charge >= 0.3 is 5.97 Å². The van der Waals surface area contributed by atoms with Gasteiger partial charge in [-0.15, -0.1) is 0 Å². The maximum atomic E-state index is 10.8. The third kappa shape index (κ3) is 3.63. The van der Waals surface area contributed by atoms with Crippen molar-refractivity contribution in [3.63, 3.8) is 0 Å². The number of aliphatic carboxylic acids is 1. The highest BCUT2D eigenvalue weighted by Gasteiger charge is 2.17. The zero-order valence-electron chi connectivity index (χ0n) is 12.0. The molecule has 1 aromatic carbocycles. The van der Waals surface area contributed by atoms with E-state index in [1.807, 2.05) is 32.0 Å². The van der Waals surface area contributed by atoms with E-state index in [0.717, 1.165) is 23.6 Å². The van der Waals surface area contributed by atoms with Crippen molar-refractivity contribution in [3.8, 4) is 11.5 Å². The molecular weight excluding hydrogens is 258 g/mol. The number of carbonyl (C=O) groups is 1. The fraction of sp³-hybridized carbons (Fsp3) is 0.533. The van der Waals surface area contributed by atoms with E-state index in [2.05, 4.69) is 4.90 Å². The molecular formula is C15H21NO4. The van der Waals surface area contributed by atoms with Crippen molar-refractivity contribution in [2.45, 2.75) is 32.9 Å². The van der Waals surface area contributed by atoms with Gasteiger partial charge in [0, 0.05) is 12.6 Å². The highest BCUT2D eigenvalue weighted by atomic mass is 16.6. The monoisotopic (exact) mass is 279 g/mol. The van der Waals surface area contributed by atoms with Crippen LogP contribution < -0.4 is 9.47 Å². The van der Waals surface area contributed by atoms with Crippen molar-refractivity contribution in [1.29, 1.82) is 0 Å². The summed E-state index contributed by atoms with van der Waals surface area (Å²) in [6, 6.07) is 5.90. The summed E-state index contributed by atoms with van der Waals surface area (Å²) in [7, 11) is 0. The zero-order chi connectivity index (χ0) is 14.5. The highest BCUT2D eigenvalue weighted by molar-refractivity contribution is 5.67. The average Bonchev–Trinajstić information content (AvgIpc) is 2.43. The topological polar surface area (TPSA) is 59.0 Å². The van der Waals surface area contributed by atoms with Crippen molar-refractivity contribution >= 4 is 5.97 Å². The van der Waals surface area contributed by atoms with E-state index in [1.165, 1.54) is 0 Å². The molecule has 1 atom stereocenters. The number of hydrogen-bond donors (Lipinski definition) is 1. The minimum Gasteiger partial charge on any atom is -0.486 e. The van der Waals surface area contributed by atoms with Gasteiger partial charge < -0.3 is 14.6 Å². The highest BCUT2D eigenvalue weighted by Crippen LogP contribution is 2.31. The quantitative estimate of drug-likeness (QED) is 0.864. The van der Waals surface area contributed by atoms with E-state index in [0.29, 0.717) is 19.8 Å². The SMILES string of the molecule is CCN(Cc1ccc2c(c1)OCCO2)C(C)CC(=O)O. The van der Waals surface area contributed by atoms with E-state index in [9.17, 15) is 4.79 Å². The molecule has 0 aromatic heterocycles. The van der Waals surface area contributed by atoms with E-state index < -0.39 is 5.97 Å². The van der Waals surface area contributed by atoms with Gasteiger partial charge in [0.05, 0.1) is 6.42 Å². The van der Waals surface area contributed by atoms with Gasteiger partial charge in [-0.1, -0.05) is 13.0 Å². The number of nitrogens with zero attached hydrogens (tertiary/aromatic N) is 1. The Morgan fingerprint density at radius 1 is 1.35 bits per heavy atom. The van der Waals surface area contributed by atoms with E-state index in [1.54, 1.807) is 0 Å². The van der Waals surface area contributed by atoms with Crippen LogP contribution in [0, 0.1) is 0 Å². The predicted molar refractivity (Wildman–Crippen MR) is 75.2 cm³/mol. The molecule has 1 N–H and O–H groups in total. The summed E-state index contributed by atoms with van der Waals surface area (Å²) in [5.41, 5.74) is 1.10. The Kier molecular flexibility index (Phi) is 4.84. The number of ether oxygens (including phenoxy) is 2. The molecule has 0 radical (unpaired) electrons. The molecule has 0 spiro atoms. The summed E-state index contributed by atoms with van der Waals surface area (Å²) >= 11 is 0. The number of carboxylic acid groups (broad SMARTS) is 1. The maximum Gasteiger partial charge on any atom is 0.304 e. The van der Waals surface area contributed by atoms with Gasteiger partial charge in [0.1, 0.15) is 13.2 Å². The molecule has 0 aliphatic carbocycles. The minimum absolute atomic E-state index is 0.00528. The lowest BCUT2D eigenvalue weighted by Crippen LogP contribution is -2.34. The average molecular weight is 279 g/mol. The van der Waals surface area contributed by atoms with E-state index >= 15 is 0 Å². The first-order valence-electron chi connectivity index (χ1n) is 6.94. The molecule has 5 heteroatoms. The first kappa shape index (κ1) is 14.7. The van der Waals surface area contributed by atoms with Crippen LogP contribution in [0.1, 0.15) is 25.8 Å². The van der Waals surface area contributed by atoms with E-state index in [-0.39, 0.29) is 12.5 Å². The van der Waals surface area contributed by atoms with Gasteiger partial charge in [-0.2, -0.15) is 0 Å². The number of rotatable bonds is 6. The van der Waals surface area contributed by atoms with Crippen LogP contribution in [0.4, 0.5) is 0 Å². The van der Waals surface area contributed by atoms with Crippen molar-refractivity contribution in [3.05, 3.63) is 23.8 Å². The fourth-order valence-corrected chi connectivity index (χ4v) is 2.38. The maximum absolute atomic E-state index is 10.8. The zero-order valence-corrected chi connectivity index (χ0v) is 12.0. The number of benzene rings is 1.